The number of halogens is 6. The summed E-state index contributed by atoms with van der Waals surface area (Å²) in [5.41, 5.74) is 2.20. The van der Waals surface area contributed by atoms with Crippen LogP contribution in [0.3, 0.4) is 0 Å². The van der Waals surface area contributed by atoms with E-state index in [2.05, 4.69) is 14.4 Å². The van der Waals surface area contributed by atoms with Crippen molar-refractivity contribution in [1.29, 1.82) is 0 Å². The first-order valence-corrected chi connectivity index (χ1v) is 14.5. The zero-order valence-electron chi connectivity index (χ0n) is 22.3. The van der Waals surface area contributed by atoms with Crippen LogP contribution in [0.1, 0.15) is 15.9 Å². The number of aliphatic hydroxyl groups is 1. The van der Waals surface area contributed by atoms with Gasteiger partial charge >= 0.3 is 19.9 Å². The maximum atomic E-state index is 13.4. The Morgan fingerprint density at radius 2 is 1.28 bits per heavy atom. The number of hydrogen-bond acceptors (Lipinski definition) is 5. The van der Waals surface area contributed by atoms with Crippen molar-refractivity contribution in [2.24, 2.45) is 0 Å². The van der Waals surface area contributed by atoms with Crippen LogP contribution in [0.15, 0.2) is 97.1 Å². The number of alkyl halides is 6. The minimum atomic E-state index is -5.55. The molecule has 4 rings (SSSR count). The molecule has 0 aliphatic heterocycles. The fourth-order valence-electron chi connectivity index (χ4n) is 4.36. The van der Waals surface area contributed by atoms with Crippen LogP contribution in [0.4, 0.5) is 26.3 Å². The predicted molar refractivity (Wildman–Crippen MR) is 148 cm³/mol. The molecule has 4 aromatic rings. The van der Waals surface area contributed by atoms with Crippen LogP contribution in [-0.2, 0) is 20.0 Å². The zero-order chi connectivity index (χ0) is 31.3. The van der Waals surface area contributed by atoms with Gasteiger partial charge in [-0.1, -0.05) is 91.0 Å². The Morgan fingerprint density at radius 1 is 0.744 bits per heavy atom. The molecule has 13 heteroatoms. The molecule has 0 spiro atoms. The van der Waals surface area contributed by atoms with E-state index in [1.165, 1.54) is 6.07 Å². The lowest BCUT2D eigenvalue weighted by Crippen LogP contribution is -2.45. The Balaban J connectivity index is 1.68. The number of aliphatic hydroxyl groups excluding tert-OH is 1. The lowest BCUT2D eigenvalue weighted by atomic mass is 10.00. The molecule has 0 aliphatic carbocycles. The molecular weight excluding hydrogens is 599 g/mol. The lowest BCUT2D eigenvalue weighted by Gasteiger charge is -2.30. The molecule has 0 fully saturated rings. The van der Waals surface area contributed by atoms with Crippen LogP contribution in [0.2, 0.25) is 0 Å². The van der Waals surface area contributed by atoms with E-state index in [1.807, 2.05) is 30.3 Å². The molecule has 0 radical (unpaired) electrons. The number of nitrogens with one attached hydrogen (secondary N) is 1. The number of hydrogen-bond donors (Lipinski definition) is 2. The van der Waals surface area contributed by atoms with Gasteiger partial charge in [0.05, 0.1) is 6.04 Å². The number of carbonyl (C=O) groups excluding carboxylic acids is 1. The maximum Gasteiger partial charge on any atom is 0.412 e. The summed E-state index contributed by atoms with van der Waals surface area (Å²) in [5.74, 6) is -3.43. The quantitative estimate of drug-likeness (QED) is 0.133. The first kappa shape index (κ1) is 32.2. The van der Waals surface area contributed by atoms with Crippen LogP contribution < -0.4 is 5.32 Å². The summed E-state index contributed by atoms with van der Waals surface area (Å²) < 4.78 is 99.7. The van der Waals surface area contributed by atoms with Crippen molar-refractivity contribution in [3.8, 4) is 11.1 Å². The minimum Gasteiger partial charge on any atom is -0.379 e. The van der Waals surface area contributed by atoms with E-state index < -0.39 is 51.0 Å². The van der Waals surface area contributed by atoms with Crippen molar-refractivity contribution in [2.45, 2.75) is 30.7 Å². The molecular formula is C30H26F6NO5P. The summed E-state index contributed by atoms with van der Waals surface area (Å²) in [6.07, 6.45) is -10.6. The van der Waals surface area contributed by atoms with Crippen molar-refractivity contribution in [1.82, 2.24) is 5.32 Å². The van der Waals surface area contributed by atoms with Crippen LogP contribution >= 0.6 is 7.60 Å². The first-order chi connectivity index (χ1) is 20.2. The van der Waals surface area contributed by atoms with Gasteiger partial charge in [0, 0.05) is 5.56 Å². The van der Waals surface area contributed by atoms with Gasteiger partial charge in [-0.3, -0.25) is 18.4 Å². The van der Waals surface area contributed by atoms with Gasteiger partial charge in [-0.25, -0.2) is 0 Å². The molecule has 2 unspecified atom stereocenters. The Hall–Kier alpha value is -3.70. The molecule has 6 nitrogen and oxygen atoms in total. The third-order valence-corrected chi connectivity index (χ3v) is 8.35. The van der Waals surface area contributed by atoms with Gasteiger partial charge in [0.1, 0.15) is 0 Å². The number of carbonyl (C=O) groups is 1. The van der Waals surface area contributed by atoms with Gasteiger partial charge in [-0.15, -0.1) is 0 Å². The summed E-state index contributed by atoms with van der Waals surface area (Å²) in [5, 5.41) is 14.7. The molecule has 0 saturated carbocycles. The van der Waals surface area contributed by atoms with E-state index in [1.54, 1.807) is 60.7 Å². The van der Waals surface area contributed by atoms with Gasteiger partial charge in [-0.05, 0) is 39.9 Å². The van der Waals surface area contributed by atoms with Gasteiger partial charge in [0.15, 0.2) is 19.1 Å². The zero-order valence-corrected chi connectivity index (χ0v) is 23.2. The Kier molecular flexibility index (Phi) is 9.96. The summed E-state index contributed by atoms with van der Waals surface area (Å²) in [6, 6.07) is 25.7. The molecule has 0 saturated heterocycles. The molecule has 2 atom stereocenters. The van der Waals surface area contributed by atoms with Crippen LogP contribution in [0.25, 0.3) is 21.9 Å². The Morgan fingerprint density at radius 3 is 1.88 bits per heavy atom. The summed E-state index contributed by atoms with van der Waals surface area (Å²) in [6.45, 7) is -4.51. The molecule has 2 N–H and O–H groups in total. The second kappa shape index (κ2) is 13.3. The third-order valence-electron chi connectivity index (χ3n) is 6.37. The predicted octanol–water partition coefficient (Wildman–Crippen LogP) is 7.52. The van der Waals surface area contributed by atoms with E-state index in [0.29, 0.717) is 16.3 Å². The second-order valence-corrected chi connectivity index (χ2v) is 11.7. The summed E-state index contributed by atoms with van der Waals surface area (Å²) >= 11 is 0. The van der Waals surface area contributed by atoms with Crippen molar-refractivity contribution in [2.75, 3.05) is 13.2 Å². The topological polar surface area (TPSA) is 84.9 Å². The molecule has 0 heterocycles. The highest BCUT2D eigenvalue weighted by Crippen LogP contribution is 2.55. The SMILES string of the molecule is O=C(NC(Cc1ccc(-c2ccccc2)cc1)C(O)P(=O)(OCC(F)(F)F)OCC(F)(F)F)c1cccc2ccccc12. The van der Waals surface area contributed by atoms with Crippen LogP contribution in [0.5, 0.6) is 0 Å². The molecule has 1 amide bonds. The third kappa shape index (κ3) is 8.90. The average Bonchev–Trinajstić information content (AvgIpc) is 2.98. The van der Waals surface area contributed by atoms with Gasteiger partial charge in [0.2, 0.25) is 0 Å². The molecule has 0 aromatic heterocycles. The maximum absolute atomic E-state index is 13.4. The molecule has 0 bridgehead atoms. The van der Waals surface area contributed by atoms with Crippen molar-refractivity contribution >= 4 is 24.3 Å². The van der Waals surface area contributed by atoms with Crippen molar-refractivity contribution in [3.63, 3.8) is 0 Å². The second-order valence-electron chi connectivity index (χ2n) is 9.60. The summed E-state index contributed by atoms with van der Waals surface area (Å²) in [4.78, 5) is 13.4. The minimum absolute atomic E-state index is 0.108. The Bertz CT molecular complexity index is 1550. The Labute approximate surface area is 242 Å². The van der Waals surface area contributed by atoms with Crippen LogP contribution in [-0.4, -0.2) is 48.5 Å². The lowest BCUT2D eigenvalue weighted by molar-refractivity contribution is -0.167. The highest BCUT2D eigenvalue weighted by molar-refractivity contribution is 7.54. The smallest absolute Gasteiger partial charge is 0.379 e. The fraction of sp³-hybridized carbons (Fsp3) is 0.233. The van der Waals surface area contributed by atoms with Gasteiger partial charge < -0.3 is 10.4 Å². The van der Waals surface area contributed by atoms with Crippen LogP contribution in [0, 0.1) is 0 Å². The highest BCUT2D eigenvalue weighted by Gasteiger charge is 2.46. The highest BCUT2D eigenvalue weighted by atomic mass is 31.2. The number of amides is 1. The van der Waals surface area contributed by atoms with E-state index in [9.17, 15) is 40.8 Å². The van der Waals surface area contributed by atoms with E-state index in [4.69, 9.17) is 0 Å². The van der Waals surface area contributed by atoms with E-state index >= 15 is 0 Å². The van der Waals surface area contributed by atoms with E-state index in [0.717, 1.165) is 11.1 Å². The first-order valence-electron chi connectivity index (χ1n) is 12.9. The van der Waals surface area contributed by atoms with Gasteiger partial charge in [-0.2, -0.15) is 26.3 Å². The standard InChI is InChI=1S/C30H26F6NO5P/c31-29(32,33)18-41-43(40,42-19-30(34,35)36)28(39)26(17-20-13-15-22(16-14-20)21-7-2-1-3-8-21)37-27(38)25-12-6-10-23-9-4-5-11-24(23)25/h1-16,26,28,39H,17-19H2,(H,37,38). The van der Waals surface area contributed by atoms with Crippen molar-refractivity contribution < 1.29 is 49.9 Å². The number of benzene rings is 4. The number of fused-ring (bicyclic) bond motifs is 1. The molecule has 228 valence electrons. The van der Waals surface area contributed by atoms with Gasteiger partial charge in [0.25, 0.3) is 5.91 Å². The molecule has 43 heavy (non-hydrogen) atoms. The normalized spacial score (nSPS) is 13.9. The number of rotatable bonds is 11. The van der Waals surface area contributed by atoms with E-state index in [-0.39, 0.29) is 12.0 Å². The molecule has 0 aliphatic rings. The average molecular weight is 626 g/mol. The fourth-order valence-corrected chi connectivity index (χ4v) is 6.01. The largest absolute Gasteiger partial charge is 0.412 e. The summed E-state index contributed by atoms with van der Waals surface area (Å²) in [7, 11) is -5.55. The van der Waals surface area contributed by atoms with Crippen molar-refractivity contribution in [3.05, 3.63) is 108 Å². The monoisotopic (exact) mass is 625 g/mol. The molecule has 4 aromatic carbocycles.